The van der Waals surface area contributed by atoms with E-state index >= 15 is 0 Å². The molecule has 1 unspecified atom stereocenters. The van der Waals surface area contributed by atoms with Gasteiger partial charge < -0.3 is 4.74 Å². The highest BCUT2D eigenvalue weighted by Gasteiger charge is 2.36. The molecule has 0 bridgehead atoms. The minimum atomic E-state index is -0.253. The second-order valence-electron chi connectivity index (χ2n) is 4.46. The summed E-state index contributed by atoms with van der Waals surface area (Å²) in [4.78, 5) is 13.5. The summed E-state index contributed by atoms with van der Waals surface area (Å²) in [6.45, 7) is 5.43. The minimum absolute atomic E-state index is 0.253. The third kappa shape index (κ3) is 3.20. The van der Waals surface area contributed by atoms with Gasteiger partial charge in [0.15, 0.2) is 0 Å². The zero-order valence-corrected chi connectivity index (χ0v) is 10.9. The van der Waals surface area contributed by atoms with Crippen molar-refractivity contribution in [3.63, 3.8) is 0 Å². The van der Waals surface area contributed by atoms with Crippen molar-refractivity contribution < 1.29 is 9.53 Å². The first-order chi connectivity index (χ1) is 8.72. The van der Waals surface area contributed by atoms with Crippen LogP contribution >= 0.6 is 0 Å². The Kier molecular flexibility index (Phi) is 4.15. The van der Waals surface area contributed by atoms with Gasteiger partial charge in [-0.15, -0.1) is 0 Å². The number of ether oxygens (including phenoxy) is 1. The molecule has 0 spiro atoms. The average molecular weight is 245 g/mol. The van der Waals surface area contributed by atoms with Gasteiger partial charge >= 0.3 is 5.97 Å². The van der Waals surface area contributed by atoms with Gasteiger partial charge in [-0.25, -0.2) is 4.79 Å². The fourth-order valence-electron chi connectivity index (χ4n) is 2.09. The van der Waals surface area contributed by atoms with E-state index in [4.69, 9.17) is 4.74 Å². The maximum atomic E-state index is 11.2. The lowest BCUT2D eigenvalue weighted by Crippen LogP contribution is -2.08. The molecule has 96 valence electrons. The molecule has 0 aromatic heterocycles. The van der Waals surface area contributed by atoms with Crippen molar-refractivity contribution in [2.45, 2.75) is 25.9 Å². The zero-order valence-electron chi connectivity index (χ0n) is 10.9. The van der Waals surface area contributed by atoms with E-state index in [1.807, 2.05) is 19.1 Å². The highest BCUT2D eigenvalue weighted by molar-refractivity contribution is 5.82. The third-order valence-corrected chi connectivity index (χ3v) is 3.21. The molecule has 0 N–H and O–H groups in total. The predicted octanol–water partition coefficient (Wildman–Crippen LogP) is 2.55. The van der Waals surface area contributed by atoms with Crippen molar-refractivity contribution in [2.75, 3.05) is 13.2 Å². The standard InChI is InChI=1S/C15H19NO2/c1-3-18-15(17)10-9-14-11-16(14)12(2)13-7-5-4-6-8-13/h4-10,12,14H,3,11H2,1-2H3/b10-9+/t12-,14-,16?/m1/s1. The molecule has 2 rings (SSSR count). The molecular weight excluding hydrogens is 226 g/mol. The summed E-state index contributed by atoms with van der Waals surface area (Å²) >= 11 is 0. The predicted molar refractivity (Wildman–Crippen MR) is 71.1 cm³/mol. The van der Waals surface area contributed by atoms with Crippen LogP contribution in [-0.4, -0.2) is 30.1 Å². The van der Waals surface area contributed by atoms with Crippen LogP contribution in [0, 0.1) is 0 Å². The summed E-state index contributed by atoms with van der Waals surface area (Å²) < 4.78 is 4.86. The Labute approximate surface area is 108 Å². The lowest BCUT2D eigenvalue weighted by Gasteiger charge is -2.13. The van der Waals surface area contributed by atoms with Crippen molar-refractivity contribution >= 4 is 5.97 Å². The van der Waals surface area contributed by atoms with E-state index in [0.29, 0.717) is 18.7 Å². The second-order valence-corrected chi connectivity index (χ2v) is 4.46. The van der Waals surface area contributed by atoms with Crippen LogP contribution in [0.25, 0.3) is 0 Å². The molecule has 3 atom stereocenters. The van der Waals surface area contributed by atoms with E-state index in [1.54, 1.807) is 0 Å². The number of rotatable bonds is 5. The fourth-order valence-corrected chi connectivity index (χ4v) is 2.09. The van der Waals surface area contributed by atoms with Crippen LogP contribution in [0.15, 0.2) is 42.5 Å². The number of benzene rings is 1. The van der Waals surface area contributed by atoms with Crippen molar-refractivity contribution in [1.82, 2.24) is 4.90 Å². The molecular formula is C15H19NO2. The van der Waals surface area contributed by atoms with Crippen molar-refractivity contribution in [3.05, 3.63) is 48.0 Å². The van der Waals surface area contributed by atoms with Gasteiger partial charge in [0.05, 0.1) is 6.61 Å². The molecule has 0 saturated carbocycles. The van der Waals surface area contributed by atoms with Gasteiger partial charge in [-0.2, -0.15) is 0 Å². The van der Waals surface area contributed by atoms with Gasteiger partial charge in [-0.3, -0.25) is 4.90 Å². The second kappa shape index (κ2) is 5.83. The van der Waals surface area contributed by atoms with Crippen LogP contribution in [0.1, 0.15) is 25.5 Å². The Morgan fingerprint density at radius 2 is 2.22 bits per heavy atom. The first-order valence-electron chi connectivity index (χ1n) is 6.38. The number of carbonyl (C=O) groups excluding carboxylic acids is 1. The quantitative estimate of drug-likeness (QED) is 0.453. The lowest BCUT2D eigenvalue weighted by atomic mass is 10.1. The summed E-state index contributed by atoms with van der Waals surface area (Å²) in [6, 6.07) is 11.2. The van der Waals surface area contributed by atoms with Gasteiger partial charge in [0.25, 0.3) is 0 Å². The normalized spacial score (nSPS) is 23.9. The number of nitrogens with zero attached hydrogens (tertiary/aromatic N) is 1. The van der Waals surface area contributed by atoms with Gasteiger partial charge in [0.2, 0.25) is 0 Å². The molecule has 1 aliphatic rings. The zero-order chi connectivity index (χ0) is 13.0. The molecule has 1 heterocycles. The van der Waals surface area contributed by atoms with Crippen molar-refractivity contribution in [1.29, 1.82) is 0 Å². The first kappa shape index (κ1) is 12.8. The highest BCUT2D eigenvalue weighted by atomic mass is 16.5. The molecule has 3 heteroatoms. The SMILES string of the molecule is CCOC(=O)/C=C/[C@@H]1CN1[C@H](C)c1ccccc1. The summed E-state index contributed by atoms with van der Waals surface area (Å²) in [7, 11) is 0. The third-order valence-electron chi connectivity index (χ3n) is 3.21. The van der Waals surface area contributed by atoms with E-state index in [2.05, 4.69) is 36.1 Å². The molecule has 0 radical (unpaired) electrons. The summed E-state index contributed by atoms with van der Waals surface area (Å²) in [5.74, 6) is -0.253. The Morgan fingerprint density at radius 1 is 1.50 bits per heavy atom. The van der Waals surface area contributed by atoms with Crippen molar-refractivity contribution in [2.24, 2.45) is 0 Å². The van der Waals surface area contributed by atoms with E-state index in [9.17, 15) is 4.79 Å². The topological polar surface area (TPSA) is 29.3 Å². The number of carbonyl (C=O) groups is 1. The molecule has 0 aliphatic carbocycles. The summed E-state index contributed by atoms with van der Waals surface area (Å²) in [5, 5.41) is 0. The summed E-state index contributed by atoms with van der Waals surface area (Å²) in [6.07, 6.45) is 3.46. The van der Waals surface area contributed by atoms with Crippen LogP contribution in [0.2, 0.25) is 0 Å². The molecule has 1 aromatic carbocycles. The largest absolute Gasteiger partial charge is 0.463 e. The number of hydrogen-bond acceptors (Lipinski definition) is 3. The maximum absolute atomic E-state index is 11.2. The highest BCUT2D eigenvalue weighted by Crippen LogP contribution is 2.32. The number of esters is 1. The first-order valence-corrected chi connectivity index (χ1v) is 6.38. The van der Waals surface area contributed by atoms with Gasteiger partial charge in [-0.05, 0) is 19.4 Å². The van der Waals surface area contributed by atoms with E-state index < -0.39 is 0 Å². The molecule has 1 fully saturated rings. The molecule has 1 aromatic rings. The van der Waals surface area contributed by atoms with Crippen molar-refractivity contribution in [3.8, 4) is 0 Å². The average Bonchev–Trinajstić information content (AvgIpc) is 3.16. The van der Waals surface area contributed by atoms with Crippen LogP contribution in [0.5, 0.6) is 0 Å². The fraction of sp³-hybridized carbons (Fsp3) is 0.400. The molecule has 18 heavy (non-hydrogen) atoms. The Balaban J connectivity index is 1.86. The lowest BCUT2D eigenvalue weighted by molar-refractivity contribution is -0.137. The summed E-state index contributed by atoms with van der Waals surface area (Å²) in [5.41, 5.74) is 1.31. The van der Waals surface area contributed by atoms with Gasteiger partial charge in [0, 0.05) is 24.7 Å². The molecule has 0 amide bonds. The van der Waals surface area contributed by atoms with Gasteiger partial charge in [0.1, 0.15) is 0 Å². The molecule has 3 nitrogen and oxygen atoms in total. The van der Waals surface area contributed by atoms with E-state index in [1.165, 1.54) is 11.6 Å². The van der Waals surface area contributed by atoms with Crippen LogP contribution in [-0.2, 0) is 9.53 Å². The van der Waals surface area contributed by atoms with E-state index in [0.717, 1.165) is 6.54 Å². The van der Waals surface area contributed by atoms with Crippen LogP contribution in [0.3, 0.4) is 0 Å². The maximum Gasteiger partial charge on any atom is 0.330 e. The Bertz CT molecular complexity index is 427. The van der Waals surface area contributed by atoms with E-state index in [-0.39, 0.29) is 5.97 Å². The van der Waals surface area contributed by atoms with Gasteiger partial charge in [-0.1, -0.05) is 36.4 Å². The van der Waals surface area contributed by atoms with Crippen LogP contribution in [0.4, 0.5) is 0 Å². The molecule has 1 saturated heterocycles. The molecule has 1 aliphatic heterocycles. The smallest absolute Gasteiger partial charge is 0.330 e. The Morgan fingerprint density at radius 3 is 2.89 bits per heavy atom. The minimum Gasteiger partial charge on any atom is -0.463 e. The Hall–Kier alpha value is -1.61. The number of hydrogen-bond donors (Lipinski definition) is 0. The van der Waals surface area contributed by atoms with Crippen LogP contribution < -0.4 is 0 Å². The monoisotopic (exact) mass is 245 g/mol.